The predicted molar refractivity (Wildman–Crippen MR) is 70.5 cm³/mol. The van der Waals surface area contributed by atoms with Gasteiger partial charge in [0, 0.05) is 18.5 Å². The summed E-state index contributed by atoms with van der Waals surface area (Å²) >= 11 is 0. The Balaban J connectivity index is 4.23. The van der Waals surface area contributed by atoms with Gasteiger partial charge in [0.25, 0.3) is 0 Å². The van der Waals surface area contributed by atoms with Gasteiger partial charge in [-0.15, -0.1) is 0 Å². The summed E-state index contributed by atoms with van der Waals surface area (Å²) in [6.45, 7) is 5.27. The van der Waals surface area contributed by atoms with Gasteiger partial charge in [-0.25, -0.2) is 4.79 Å². The Morgan fingerprint density at radius 3 is 2.32 bits per heavy atom. The first-order chi connectivity index (χ1) is 8.68. The van der Waals surface area contributed by atoms with Crippen molar-refractivity contribution in [2.45, 2.75) is 45.6 Å². The Kier molecular flexibility index (Phi) is 6.89. The second-order valence-electron chi connectivity index (χ2n) is 5.19. The lowest BCUT2D eigenvalue weighted by atomic mass is 10.0. The van der Waals surface area contributed by atoms with Crippen LogP contribution >= 0.6 is 0 Å². The van der Waals surface area contributed by atoms with Crippen LogP contribution in [0.1, 0.15) is 40.0 Å². The maximum Gasteiger partial charge on any atom is 0.315 e. The number of hydrogen-bond donors (Lipinski definition) is 4. The number of carboxylic acid groups (broad SMARTS) is 1. The van der Waals surface area contributed by atoms with Gasteiger partial charge in [0.15, 0.2) is 0 Å². The number of nitrogens with two attached hydrogens (primary N) is 1. The predicted octanol–water partition coefficient (Wildman–Crippen LogP) is 0.441. The number of carbonyl (C=O) groups is 3. The van der Waals surface area contributed by atoms with Crippen molar-refractivity contribution >= 4 is 17.9 Å². The van der Waals surface area contributed by atoms with Crippen molar-refractivity contribution in [2.24, 2.45) is 11.7 Å². The smallest absolute Gasteiger partial charge is 0.315 e. The molecule has 19 heavy (non-hydrogen) atoms. The molecular formula is C12H23N3O4. The van der Waals surface area contributed by atoms with E-state index >= 15 is 0 Å². The monoisotopic (exact) mass is 273 g/mol. The van der Waals surface area contributed by atoms with Crippen LogP contribution in [-0.4, -0.2) is 35.1 Å². The van der Waals surface area contributed by atoms with E-state index in [2.05, 4.69) is 10.6 Å². The van der Waals surface area contributed by atoms with Crippen molar-refractivity contribution in [1.29, 1.82) is 0 Å². The van der Waals surface area contributed by atoms with Crippen LogP contribution in [0, 0.1) is 5.92 Å². The number of hydrogen-bond acceptors (Lipinski definition) is 3. The first-order valence-corrected chi connectivity index (χ1v) is 6.25. The molecule has 7 nitrogen and oxygen atoms in total. The van der Waals surface area contributed by atoms with Crippen molar-refractivity contribution in [3.8, 4) is 0 Å². The molecule has 0 fully saturated rings. The topological polar surface area (TPSA) is 122 Å². The molecule has 0 aromatic heterocycles. The van der Waals surface area contributed by atoms with Crippen LogP contribution in [-0.2, 0) is 9.59 Å². The van der Waals surface area contributed by atoms with Gasteiger partial charge in [-0.2, -0.15) is 0 Å². The third-order valence-corrected chi connectivity index (χ3v) is 2.56. The Morgan fingerprint density at radius 2 is 1.89 bits per heavy atom. The van der Waals surface area contributed by atoms with Crippen molar-refractivity contribution in [3.63, 3.8) is 0 Å². The van der Waals surface area contributed by atoms with E-state index in [4.69, 9.17) is 10.8 Å². The normalized spacial score (nSPS) is 12.6. The van der Waals surface area contributed by atoms with Crippen molar-refractivity contribution in [2.75, 3.05) is 6.54 Å². The molecule has 0 aliphatic heterocycles. The molecule has 0 saturated carbocycles. The molecule has 0 rings (SSSR count). The average Bonchev–Trinajstić information content (AvgIpc) is 2.20. The molecule has 0 spiro atoms. The van der Waals surface area contributed by atoms with E-state index in [-0.39, 0.29) is 13.0 Å². The van der Waals surface area contributed by atoms with Gasteiger partial charge >= 0.3 is 12.0 Å². The van der Waals surface area contributed by atoms with E-state index in [9.17, 15) is 14.4 Å². The maximum atomic E-state index is 11.6. The first-order valence-electron chi connectivity index (χ1n) is 6.25. The summed E-state index contributed by atoms with van der Waals surface area (Å²) in [6.07, 6.45) is 1.24. The van der Waals surface area contributed by atoms with Gasteiger partial charge in [-0.3, -0.25) is 9.59 Å². The molecule has 0 aliphatic carbocycles. The number of carbonyl (C=O) groups excluding carboxylic acids is 2. The summed E-state index contributed by atoms with van der Waals surface area (Å²) in [5.74, 6) is -2.05. The van der Waals surface area contributed by atoms with Crippen molar-refractivity contribution < 1.29 is 19.5 Å². The third kappa shape index (κ3) is 8.01. The van der Waals surface area contributed by atoms with Crippen LogP contribution < -0.4 is 16.4 Å². The van der Waals surface area contributed by atoms with E-state index < -0.39 is 29.4 Å². The minimum atomic E-state index is -0.932. The Labute approximate surface area is 112 Å². The lowest BCUT2D eigenvalue weighted by Crippen LogP contribution is -2.51. The molecule has 0 heterocycles. The number of nitrogens with one attached hydrogen (secondary N) is 2. The molecule has 0 aromatic carbocycles. The minimum Gasteiger partial charge on any atom is -0.481 e. The molecule has 3 amide bonds. The van der Waals surface area contributed by atoms with Crippen LogP contribution in [0.15, 0.2) is 0 Å². The van der Waals surface area contributed by atoms with Crippen LogP contribution in [0.3, 0.4) is 0 Å². The highest BCUT2D eigenvalue weighted by Gasteiger charge is 2.24. The third-order valence-electron chi connectivity index (χ3n) is 2.56. The van der Waals surface area contributed by atoms with Gasteiger partial charge in [0.1, 0.15) is 0 Å². The highest BCUT2D eigenvalue weighted by molar-refractivity contribution is 5.79. The zero-order valence-electron chi connectivity index (χ0n) is 11.7. The fourth-order valence-electron chi connectivity index (χ4n) is 1.71. The number of aliphatic carboxylic acids is 1. The highest BCUT2D eigenvalue weighted by atomic mass is 16.4. The Morgan fingerprint density at radius 1 is 1.32 bits per heavy atom. The van der Waals surface area contributed by atoms with Crippen molar-refractivity contribution in [1.82, 2.24) is 10.6 Å². The maximum absolute atomic E-state index is 11.6. The summed E-state index contributed by atoms with van der Waals surface area (Å²) < 4.78 is 0. The Hall–Kier alpha value is -1.79. The molecule has 0 radical (unpaired) electrons. The molecule has 0 saturated heterocycles. The average molecular weight is 273 g/mol. The second-order valence-corrected chi connectivity index (χ2v) is 5.19. The largest absolute Gasteiger partial charge is 0.481 e. The van der Waals surface area contributed by atoms with Gasteiger partial charge in [0.2, 0.25) is 5.91 Å². The van der Waals surface area contributed by atoms with Gasteiger partial charge < -0.3 is 21.5 Å². The summed E-state index contributed by atoms with van der Waals surface area (Å²) in [5, 5.41) is 14.0. The van der Waals surface area contributed by atoms with Crippen LogP contribution in [0.4, 0.5) is 4.79 Å². The lowest BCUT2D eigenvalue weighted by molar-refractivity contribution is -0.141. The number of urea groups is 1. The van der Waals surface area contributed by atoms with Crippen LogP contribution in [0.2, 0.25) is 0 Å². The molecular weight excluding hydrogens is 250 g/mol. The van der Waals surface area contributed by atoms with E-state index in [1.54, 1.807) is 13.8 Å². The highest BCUT2D eigenvalue weighted by Crippen LogP contribution is 2.08. The first kappa shape index (κ1) is 17.2. The molecule has 1 unspecified atom stereocenters. The summed E-state index contributed by atoms with van der Waals surface area (Å²) in [4.78, 5) is 33.3. The van der Waals surface area contributed by atoms with E-state index in [1.807, 2.05) is 6.92 Å². The molecule has 110 valence electrons. The van der Waals surface area contributed by atoms with Gasteiger partial charge in [-0.05, 0) is 20.3 Å². The van der Waals surface area contributed by atoms with Gasteiger partial charge in [-0.1, -0.05) is 13.3 Å². The van der Waals surface area contributed by atoms with Crippen molar-refractivity contribution in [3.05, 3.63) is 0 Å². The Bertz CT molecular complexity index is 342. The molecule has 7 heteroatoms. The van der Waals surface area contributed by atoms with E-state index in [0.717, 1.165) is 6.42 Å². The van der Waals surface area contributed by atoms with Crippen LogP contribution in [0.5, 0.6) is 0 Å². The minimum absolute atomic E-state index is 0.0116. The standard InChI is InChI=1S/C12H23N3O4/c1-4-5-8(10(17)18)7-14-11(19)15-12(2,3)6-9(13)16/h8H,4-7H2,1-3H3,(H2,13,16)(H,17,18)(H2,14,15,19). The SMILES string of the molecule is CCCC(CNC(=O)NC(C)(C)CC(N)=O)C(=O)O. The number of carboxylic acids is 1. The van der Waals surface area contributed by atoms with E-state index in [1.165, 1.54) is 0 Å². The quantitative estimate of drug-likeness (QED) is 0.512. The van der Waals surface area contributed by atoms with Crippen LogP contribution in [0.25, 0.3) is 0 Å². The zero-order chi connectivity index (χ0) is 15.1. The number of rotatable bonds is 8. The summed E-state index contributed by atoms with van der Waals surface area (Å²) in [5.41, 5.74) is 4.30. The molecule has 5 N–H and O–H groups in total. The van der Waals surface area contributed by atoms with E-state index in [0.29, 0.717) is 6.42 Å². The summed E-state index contributed by atoms with van der Waals surface area (Å²) in [7, 11) is 0. The fourth-order valence-corrected chi connectivity index (χ4v) is 1.71. The number of amides is 3. The fraction of sp³-hybridized carbons (Fsp3) is 0.750. The second kappa shape index (κ2) is 7.60. The summed E-state index contributed by atoms with van der Waals surface area (Å²) in [6, 6.07) is -0.506. The molecule has 1 atom stereocenters. The zero-order valence-corrected chi connectivity index (χ0v) is 11.7. The lowest BCUT2D eigenvalue weighted by Gasteiger charge is -2.25. The number of primary amides is 1. The van der Waals surface area contributed by atoms with Gasteiger partial charge in [0.05, 0.1) is 5.92 Å². The molecule has 0 aromatic rings. The molecule has 0 bridgehead atoms. The molecule has 0 aliphatic rings.